The lowest BCUT2D eigenvalue weighted by Gasteiger charge is -2.22. The van der Waals surface area contributed by atoms with Gasteiger partial charge in [0.05, 0.1) is 11.2 Å². The summed E-state index contributed by atoms with van der Waals surface area (Å²) < 4.78 is 14.8. The lowest BCUT2D eigenvalue weighted by atomic mass is 10.2. The Morgan fingerprint density at radius 2 is 1.94 bits per heavy atom. The summed E-state index contributed by atoms with van der Waals surface area (Å²) in [5.41, 5.74) is 1.66. The average Bonchev–Trinajstić information content (AvgIpc) is 3.17. The molecule has 8 nitrogen and oxygen atoms in total. The Morgan fingerprint density at radius 1 is 1.23 bits per heavy atom. The fourth-order valence-corrected chi connectivity index (χ4v) is 3.30. The van der Waals surface area contributed by atoms with E-state index in [-0.39, 0.29) is 0 Å². The number of hydrogen-bond acceptors (Lipinski definition) is 5. The molecule has 0 bridgehead atoms. The van der Waals surface area contributed by atoms with Gasteiger partial charge in [0.2, 0.25) is 0 Å². The van der Waals surface area contributed by atoms with Crippen molar-refractivity contribution in [3.8, 4) is 11.6 Å². The molecule has 1 unspecified atom stereocenters. The normalized spacial score (nSPS) is 13.0. The van der Waals surface area contributed by atoms with Crippen LogP contribution in [0.1, 0.15) is 39.0 Å². The minimum atomic E-state index is -1.03. The number of fused-ring (bicyclic) bond motifs is 1. The van der Waals surface area contributed by atoms with E-state index >= 15 is 0 Å². The van der Waals surface area contributed by atoms with Gasteiger partial charge in [0.1, 0.15) is 17.2 Å². The van der Waals surface area contributed by atoms with Crippen LogP contribution in [-0.4, -0.2) is 43.1 Å². The molecule has 164 valence electrons. The number of ether oxygens (including phenoxy) is 2. The molecule has 0 saturated carbocycles. The van der Waals surface area contributed by atoms with Gasteiger partial charge < -0.3 is 19.1 Å². The lowest BCUT2D eigenvalue weighted by Crippen LogP contribution is -2.33. The quantitative estimate of drug-likeness (QED) is 0.476. The van der Waals surface area contributed by atoms with Crippen LogP contribution in [0.4, 0.5) is 0 Å². The molecule has 1 N–H and O–H groups in total. The molecule has 0 aliphatic carbocycles. The van der Waals surface area contributed by atoms with Crippen molar-refractivity contribution in [2.45, 2.75) is 46.3 Å². The number of carboxylic acid groups (broad SMARTS) is 1. The summed E-state index contributed by atoms with van der Waals surface area (Å²) in [5.74, 6) is -0.223. The smallest absolute Gasteiger partial charge is 0.347 e. The van der Waals surface area contributed by atoms with Crippen LogP contribution < -0.4 is 4.74 Å². The van der Waals surface area contributed by atoms with Gasteiger partial charge in [-0.2, -0.15) is 5.10 Å². The topological polar surface area (TPSA) is 95.6 Å². The van der Waals surface area contributed by atoms with Crippen LogP contribution in [0.5, 0.6) is 5.75 Å². The van der Waals surface area contributed by atoms with Gasteiger partial charge in [-0.3, -0.25) is 4.68 Å². The van der Waals surface area contributed by atoms with E-state index in [0.29, 0.717) is 17.0 Å². The third-order valence-electron chi connectivity index (χ3n) is 4.57. The average molecular weight is 425 g/mol. The molecule has 31 heavy (non-hydrogen) atoms. The highest BCUT2D eigenvalue weighted by atomic mass is 16.6. The van der Waals surface area contributed by atoms with Crippen LogP contribution in [0, 0.1) is 6.92 Å². The zero-order valence-electron chi connectivity index (χ0n) is 18.5. The molecule has 3 aromatic rings. The Hall–Kier alpha value is -3.55. The molecule has 0 fully saturated rings. The third kappa shape index (κ3) is 4.96. The zero-order valence-corrected chi connectivity index (χ0v) is 18.5. The fraction of sp³-hybridized carbons (Fsp3) is 0.348. The number of aryl methyl sites for hydroxylation is 2. The summed E-state index contributed by atoms with van der Waals surface area (Å²) in [4.78, 5) is 23.3. The summed E-state index contributed by atoms with van der Waals surface area (Å²) in [6.07, 6.45) is 3.75. The fourth-order valence-electron chi connectivity index (χ4n) is 3.30. The van der Waals surface area contributed by atoms with E-state index in [1.54, 1.807) is 24.7 Å². The van der Waals surface area contributed by atoms with Gasteiger partial charge in [-0.1, -0.05) is 0 Å². The van der Waals surface area contributed by atoms with Crippen LogP contribution in [0.2, 0.25) is 0 Å². The van der Waals surface area contributed by atoms with E-state index in [1.165, 1.54) is 6.08 Å². The van der Waals surface area contributed by atoms with Crippen LogP contribution >= 0.6 is 0 Å². The summed E-state index contributed by atoms with van der Waals surface area (Å²) >= 11 is 0. The Morgan fingerprint density at radius 3 is 2.58 bits per heavy atom. The number of benzene rings is 1. The van der Waals surface area contributed by atoms with Crippen molar-refractivity contribution in [1.29, 1.82) is 0 Å². The first-order valence-electron chi connectivity index (χ1n) is 9.92. The first kappa shape index (κ1) is 22.1. The molecule has 2 heterocycles. The molecule has 3 rings (SSSR count). The highest BCUT2D eigenvalue weighted by Crippen LogP contribution is 2.28. The van der Waals surface area contributed by atoms with Crippen molar-refractivity contribution in [2.75, 3.05) is 0 Å². The highest BCUT2D eigenvalue weighted by Gasteiger charge is 2.23. The molecule has 0 spiro atoms. The predicted octanol–water partition coefficient (Wildman–Crippen LogP) is 3.88. The maximum absolute atomic E-state index is 12.3. The molecule has 1 aromatic carbocycles. The van der Waals surface area contributed by atoms with E-state index < -0.39 is 23.6 Å². The highest BCUT2D eigenvalue weighted by molar-refractivity contribution is 5.88. The molecule has 0 aliphatic heterocycles. The summed E-state index contributed by atoms with van der Waals surface area (Å²) in [6, 6.07) is 7.49. The second-order valence-corrected chi connectivity index (χ2v) is 8.32. The van der Waals surface area contributed by atoms with Gasteiger partial charge in [0.15, 0.2) is 6.10 Å². The van der Waals surface area contributed by atoms with Crippen molar-refractivity contribution in [2.24, 2.45) is 7.05 Å². The minimum absolute atomic E-state index is 0.439. The van der Waals surface area contributed by atoms with Gasteiger partial charge >= 0.3 is 11.9 Å². The van der Waals surface area contributed by atoms with Crippen molar-refractivity contribution in [1.82, 2.24) is 14.3 Å². The van der Waals surface area contributed by atoms with Crippen molar-refractivity contribution < 1.29 is 24.2 Å². The van der Waals surface area contributed by atoms with Crippen LogP contribution in [0.15, 0.2) is 36.5 Å². The van der Waals surface area contributed by atoms with Gasteiger partial charge in [0.25, 0.3) is 0 Å². The maximum atomic E-state index is 12.3. The van der Waals surface area contributed by atoms with Crippen molar-refractivity contribution in [3.05, 3.63) is 47.8 Å². The number of nitrogens with zero attached hydrogens (tertiary/aromatic N) is 3. The third-order valence-corrected chi connectivity index (χ3v) is 4.57. The first-order chi connectivity index (χ1) is 14.5. The molecule has 8 heteroatoms. The van der Waals surface area contributed by atoms with Crippen molar-refractivity contribution >= 4 is 28.9 Å². The van der Waals surface area contributed by atoms with Crippen LogP contribution in [-0.2, 0) is 21.4 Å². The summed E-state index contributed by atoms with van der Waals surface area (Å²) in [5, 5.41) is 14.4. The molecule has 0 saturated heterocycles. The molecule has 0 aliphatic rings. The predicted molar refractivity (Wildman–Crippen MR) is 117 cm³/mol. The standard InChI is InChI=1S/C23H27N3O5/c1-14-18(9-10-20(27)28)21(25(6)24-14)26-12-11-16-7-8-17(13-19(16)26)30-15(2)22(29)31-23(3,4)5/h7-13,15H,1-6H3,(H,27,28). The number of carbonyl (C=O) groups is 2. The van der Waals surface area contributed by atoms with Gasteiger partial charge in [-0.05, 0) is 58.9 Å². The number of esters is 1. The Labute approximate surface area is 180 Å². The second-order valence-electron chi connectivity index (χ2n) is 8.32. The van der Waals surface area contributed by atoms with Crippen LogP contribution in [0.3, 0.4) is 0 Å². The Kier molecular flexibility index (Phi) is 5.92. The van der Waals surface area contributed by atoms with E-state index in [9.17, 15) is 9.59 Å². The van der Waals surface area contributed by atoms with Gasteiger partial charge in [-0.15, -0.1) is 0 Å². The number of rotatable bonds is 6. The zero-order chi connectivity index (χ0) is 22.9. The lowest BCUT2D eigenvalue weighted by molar-refractivity contribution is -0.162. The Bertz CT molecular complexity index is 1160. The largest absolute Gasteiger partial charge is 0.479 e. The first-order valence-corrected chi connectivity index (χ1v) is 9.92. The van der Waals surface area contributed by atoms with E-state index in [1.807, 2.05) is 56.7 Å². The number of aromatic nitrogens is 3. The van der Waals surface area contributed by atoms with Crippen LogP contribution in [0.25, 0.3) is 22.8 Å². The minimum Gasteiger partial charge on any atom is -0.479 e. The molecule has 1 atom stereocenters. The van der Waals surface area contributed by atoms with Gasteiger partial charge in [0, 0.05) is 36.3 Å². The van der Waals surface area contributed by atoms with E-state index in [0.717, 1.165) is 22.8 Å². The molecule has 0 amide bonds. The van der Waals surface area contributed by atoms with Crippen molar-refractivity contribution in [3.63, 3.8) is 0 Å². The summed E-state index contributed by atoms with van der Waals surface area (Å²) in [7, 11) is 1.80. The molecule has 0 radical (unpaired) electrons. The summed E-state index contributed by atoms with van der Waals surface area (Å²) in [6.45, 7) is 8.90. The maximum Gasteiger partial charge on any atom is 0.347 e. The second kappa shape index (κ2) is 8.29. The number of carbonyl (C=O) groups excluding carboxylic acids is 1. The monoisotopic (exact) mass is 425 g/mol. The number of aliphatic carboxylic acids is 1. The Balaban J connectivity index is 1.99. The number of hydrogen-bond donors (Lipinski definition) is 1. The van der Waals surface area contributed by atoms with E-state index in [2.05, 4.69) is 5.10 Å². The van der Waals surface area contributed by atoms with Gasteiger partial charge in [-0.25, -0.2) is 9.59 Å². The molecule has 2 aromatic heterocycles. The number of carboxylic acids is 1. The molecular weight excluding hydrogens is 398 g/mol. The molecular formula is C23H27N3O5. The SMILES string of the molecule is Cc1nn(C)c(-n2ccc3ccc(OC(C)C(=O)OC(C)(C)C)cc32)c1C=CC(=O)O. The van der Waals surface area contributed by atoms with E-state index in [4.69, 9.17) is 14.6 Å².